The van der Waals surface area contributed by atoms with Gasteiger partial charge in [-0.25, -0.2) is 0 Å². The van der Waals surface area contributed by atoms with Crippen molar-refractivity contribution in [2.45, 2.75) is 13.5 Å². The smallest absolute Gasteiger partial charge is 0.271 e. The lowest BCUT2D eigenvalue weighted by Gasteiger charge is -1.99. The van der Waals surface area contributed by atoms with Crippen molar-refractivity contribution in [2.75, 3.05) is 6.61 Å². The van der Waals surface area contributed by atoms with Crippen LogP contribution in [0.1, 0.15) is 6.92 Å². The largest absolute Gasteiger partial charge is 0.402 e. The van der Waals surface area contributed by atoms with E-state index in [1.807, 2.05) is 19.5 Å². The van der Waals surface area contributed by atoms with Crippen molar-refractivity contribution < 1.29 is 4.43 Å². The molecule has 0 aromatic carbocycles. The fraction of sp³-hybridized carbons (Fsp3) is 0.429. The Bertz CT molecular complexity index is 157. The van der Waals surface area contributed by atoms with Crippen molar-refractivity contribution in [2.24, 2.45) is 0 Å². The molecule has 0 bridgehead atoms. The van der Waals surface area contributed by atoms with Gasteiger partial charge in [-0.15, -0.1) is 17.5 Å². The molecule has 0 N–H and O–H groups in total. The third-order valence-corrected chi connectivity index (χ3v) is 1.97. The Morgan fingerprint density at radius 2 is 2.50 bits per heavy atom. The van der Waals surface area contributed by atoms with Crippen LogP contribution in [0.25, 0.3) is 0 Å². The summed E-state index contributed by atoms with van der Waals surface area (Å²) in [6, 6.07) is 0. The topological polar surface area (TPSA) is 9.23 Å². The van der Waals surface area contributed by atoms with Crippen molar-refractivity contribution >= 4 is 19.4 Å². The molecule has 0 saturated carbocycles. The summed E-state index contributed by atoms with van der Waals surface area (Å²) in [6.07, 6.45) is 6.95. The first-order valence-corrected chi connectivity index (χ1v) is 6.43. The van der Waals surface area contributed by atoms with Gasteiger partial charge in [-0.2, -0.15) is 0 Å². The van der Waals surface area contributed by atoms with E-state index in [4.69, 9.17) is 21.9 Å². The average molecular weight is 175 g/mol. The van der Waals surface area contributed by atoms with Gasteiger partial charge < -0.3 is 4.43 Å². The van der Waals surface area contributed by atoms with E-state index in [2.05, 4.69) is 5.92 Å². The van der Waals surface area contributed by atoms with Crippen molar-refractivity contribution in [3.8, 4) is 12.3 Å². The zero-order chi connectivity index (χ0) is 7.98. The minimum absolute atomic E-state index is 0.549. The molecule has 0 rings (SSSR count). The second-order valence-electron chi connectivity index (χ2n) is 1.91. The molecule has 0 spiro atoms. The van der Waals surface area contributed by atoms with Crippen LogP contribution in [0.4, 0.5) is 0 Å². The predicted molar refractivity (Wildman–Crippen MR) is 47.4 cm³/mol. The number of terminal acetylenes is 1. The van der Waals surface area contributed by atoms with E-state index in [0.29, 0.717) is 6.61 Å². The van der Waals surface area contributed by atoms with Gasteiger partial charge in [0.15, 0.2) is 0 Å². The number of rotatable bonds is 3. The van der Waals surface area contributed by atoms with Crippen molar-refractivity contribution in [3.63, 3.8) is 0 Å². The monoisotopic (exact) mass is 174 g/mol. The van der Waals surface area contributed by atoms with Crippen LogP contribution in [-0.2, 0) is 4.43 Å². The summed E-state index contributed by atoms with van der Waals surface area (Å²) in [4.78, 5) is 0. The van der Waals surface area contributed by atoms with Crippen molar-refractivity contribution in [1.82, 2.24) is 0 Å². The maximum Gasteiger partial charge on any atom is 0.271 e. The molecule has 10 heavy (non-hydrogen) atoms. The average Bonchev–Trinajstić information content (AvgIpc) is 1.87. The molecule has 0 radical (unpaired) electrons. The molecule has 0 fully saturated rings. The third-order valence-electron chi connectivity index (χ3n) is 0.943. The van der Waals surface area contributed by atoms with E-state index >= 15 is 0 Å². The summed E-state index contributed by atoms with van der Waals surface area (Å²) >= 11 is 5.64. The second-order valence-corrected chi connectivity index (χ2v) is 5.17. The Kier molecular flexibility index (Phi) is 5.41. The fourth-order valence-corrected chi connectivity index (χ4v) is 0.944. The first-order valence-electron chi connectivity index (χ1n) is 3.06. The molecule has 0 aliphatic heterocycles. The molecule has 0 aliphatic carbocycles. The Balaban J connectivity index is 3.46. The fourth-order valence-electron chi connectivity index (χ4n) is 0.365. The molecule has 1 nitrogen and oxygen atoms in total. The lowest BCUT2D eigenvalue weighted by atomic mass is 10.3. The number of halogens is 1. The Labute approximate surface area is 68.5 Å². The van der Waals surface area contributed by atoms with E-state index in [0.717, 1.165) is 5.57 Å². The van der Waals surface area contributed by atoms with Gasteiger partial charge in [0, 0.05) is 0 Å². The van der Waals surface area contributed by atoms with Crippen LogP contribution in [0.5, 0.6) is 0 Å². The van der Waals surface area contributed by atoms with Crippen LogP contribution in [0.15, 0.2) is 11.6 Å². The quantitative estimate of drug-likeness (QED) is 0.360. The van der Waals surface area contributed by atoms with Crippen LogP contribution in [0.2, 0.25) is 6.55 Å². The predicted octanol–water partition coefficient (Wildman–Crippen LogP) is 1.67. The summed E-state index contributed by atoms with van der Waals surface area (Å²) in [7, 11) is -1.38. The minimum atomic E-state index is -1.38. The van der Waals surface area contributed by atoms with Gasteiger partial charge in [0.05, 0.1) is 6.61 Å². The zero-order valence-electron chi connectivity index (χ0n) is 6.23. The van der Waals surface area contributed by atoms with Crippen LogP contribution in [0, 0.1) is 12.3 Å². The lowest BCUT2D eigenvalue weighted by Crippen LogP contribution is -2.04. The molecule has 0 amide bonds. The highest BCUT2D eigenvalue weighted by molar-refractivity contribution is 7.02. The highest BCUT2D eigenvalue weighted by Crippen LogP contribution is 1.93. The van der Waals surface area contributed by atoms with Gasteiger partial charge in [-0.3, -0.25) is 0 Å². The van der Waals surface area contributed by atoms with Gasteiger partial charge in [0.2, 0.25) is 0 Å². The highest BCUT2D eigenvalue weighted by atomic mass is 35.6. The molecule has 0 aromatic rings. The number of hydrogen-bond acceptors (Lipinski definition) is 1. The van der Waals surface area contributed by atoms with E-state index < -0.39 is 8.35 Å². The standard InChI is InChI=1S/C7H11ClOSi/c1-4-7(2)5-6-9-10(3)8/h1,5,10H,6H2,2-3H3. The highest BCUT2D eigenvalue weighted by Gasteiger charge is 1.94. The molecule has 0 aliphatic rings. The summed E-state index contributed by atoms with van der Waals surface area (Å²) < 4.78 is 5.15. The van der Waals surface area contributed by atoms with Gasteiger partial charge in [-0.1, -0.05) is 5.92 Å². The SMILES string of the molecule is C#CC(C)=CCO[SiH](C)Cl. The normalized spacial score (nSPS) is 14.4. The van der Waals surface area contributed by atoms with Crippen LogP contribution < -0.4 is 0 Å². The molecule has 56 valence electrons. The summed E-state index contributed by atoms with van der Waals surface area (Å²) in [6.45, 7) is 4.32. The summed E-state index contributed by atoms with van der Waals surface area (Å²) in [5, 5.41) is 0. The Hall–Kier alpha value is -0.233. The van der Waals surface area contributed by atoms with Crippen LogP contribution in [-0.4, -0.2) is 15.0 Å². The van der Waals surface area contributed by atoms with Crippen molar-refractivity contribution in [1.29, 1.82) is 0 Å². The minimum Gasteiger partial charge on any atom is -0.402 e. The molecule has 1 atom stereocenters. The van der Waals surface area contributed by atoms with E-state index in [1.54, 1.807) is 0 Å². The molecule has 1 unspecified atom stereocenters. The Morgan fingerprint density at radius 1 is 1.90 bits per heavy atom. The Morgan fingerprint density at radius 3 is 2.90 bits per heavy atom. The molecular formula is C7H11ClOSi. The van der Waals surface area contributed by atoms with Crippen LogP contribution in [0.3, 0.4) is 0 Å². The molecule has 3 heteroatoms. The third kappa shape index (κ3) is 5.90. The first-order chi connectivity index (χ1) is 4.66. The second kappa shape index (κ2) is 5.54. The van der Waals surface area contributed by atoms with E-state index in [-0.39, 0.29) is 0 Å². The molecule has 0 aromatic heterocycles. The molecule has 0 heterocycles. The lowest BCUT2D eigenvalue weighted by molar-refractivity contribution is 0.382. The number of allylic oxidation sites excluding steroid dienone is 1. The first kappa shape index (κ1) is 9.77. The summed E-state index contributed by atoms with van der Waals surface area (Å²) in [5.74, 6) is 2.49. The number of hydrogen-bond donors (Lipinski definition) is 0. The van der Waals surface area contributed by atoms with Gasteiger partial charge in [-0.05, 0) is 25.1 Å². The molecular weight excluding hydrogens is 164 g/mol. The maximum absolute atomic E-state index is 5.64. The zero-order valence-corrected chi connectivity index (χ0v) is 8.14. The molecule has 0 saturated heterocycles. The van der Waals surface area contributed by atoms with E-state index in [9.17, 15) is 0 Å². The van der Waals surface area contributed by atoms with E-state index in [1.165, 1.54) is 0 Å². The summed E-state index contributed by atoms with van der Waals surface area (Å²) in [5.41, 5.74) is 0.895. The van der Waals surface area contributed by atoms with Crippen molar-refractivity contribution in [3.05, 3.63) is 11.6 Å². The van der Waals surface area contributed by atoms with Gasteiger partial charge >= 0.3 is 0 Å². The maximum atomic E-state index is 5.64. The van der Waals surface area contributed by atoms with Gasteiger partial charge in [0.25, 0.3) is 8.35 Å². The van der Waals surface area contributed by atoms with Crippen LogP contribution >= 0.6 is 11.1 Å². The van der Waals surface area contributed by atoms with Gasteiger partial charge in [0.1, 0.15) is 0 Å².